The number of aliphatic imine (C=N–C) groups is 1. The summed E-state index contributed by atoms with van der Waals surface area (Å²) in [5, 5.41) is 6.86. The molecule has 0 radical (unpaired) electrons. The van der Waals surface area contributed by atoms with E-state index < -0.39 is 0 Å². The van der Waals surface area contributed by atoms with Crippen LogP contribution in [0.5, 0.6) is 0 Å². The van der Waals surface area contributed by atoms with E-state index in [1.54, 1.807) is 26.0 Å². The number of amides is 1. The highest BCUT2D eigenvalue weighted by Gasteiger charge is 2.43. The van der Waals surface area contributed by atoms with Crippen molar-refractivity contribution in [2.75, 3.05) is 34.2 Å². The highest BCUT2D eigenvalue weighted by atomic mass is 127. The van der Waals surface area contributed by atoms with Gasteiger partial charge in [-0.2, -0.15) is 0 Å². The monoisotopic (exact) mass is 506 g/mol. The fourth-order valence-electron chi connectivity index (χ4n) is 3.43. The molecule has 1 amide bonds. The van der Waals surface area contributed by atoms with Crippen LogP contribution in [0.3, 0.4) is 0 Å². The number of benzene rings is 2. The molecular formula is C23H31IN4O. The summed E-state index contributed by atoms with van der Waals surface area (Å²) in [7, 11) is 5.34. The third kappa shape index (κ3) is 6.19. The molecule has 3 rings (SSSR count). The van der Waals surface area contributed by atoms with Crippen LogP contribution in [0, 0.1) is 0 Å². The zero-order chi connectivity index (χ0) is 20.0. The third-order valence-electron chi connectivity index (χ3n) is 5.34. The number of hydrogen-bond donors (Lipinski definition) is 2. The summed E-state index contributed by atoms with van der Waals surface area (Å²) in [4.78, 5) is 18.1. The van der Waals surface area contributed by atoms with Crippen molar-refractivity contribution in [2.24, 2.45) is 4.99 Å². The molecule has 0 spiro atoms. The second kappa shape index (κ2) is 10.6. The lowest BCUT2D eigenvalue weighted by molar-refractivity contribution is 0.0827. The lowest BCUT2D eigenvalue weighted by Crippen LogP contribution is -2.42. The molecule has 0 atom stereocenters. The summed E-state index contributed by atoms with van der Waals surface area (Å²) in [6.07, 6.45) is 3.26. The van der Waals surface area contributed by atoms with Gasteiger partial charge in [0.2, 0.25) is 0 Å². The zero-order valence-corrected chi connectivity index (χ0v) is 19.8. The average Bonchev–Trinajstić information content (AvgIpc) is 3.52. The molecule has 1 fully saturated rings. The topological polar surface area (TPSA) is 56.7 Å². The molecule has 0 bridgehead atoms. The number of carbonyl (C=O) groups is 1. The number of nitrogens with one attached hydrogen (secondary N) is 2. The maximum Gasteiger partial charge on any atom is 0.253 e. The summed E-state index contributed by atoms with van der Waals surface area (Å²) in [5.74, 6) is 0.852. The molecule has 2 N–H and O–H groups in total. The van der Waals surface area contributed by atoms with E-state index in [9.17, 15) is 4.79 Å². The van der Waals surface area contributed by atoms with Crippen molar-refractivity contribution >= 4 is 35.8 Å². The van der Waals surface area contributed by atoms with Gasteiger partial charge in [0.25, 0.3) is 5.91 Å². The molecule has 1 saturated carbocycles. The minimum Gasteiger partial charge on any atom is -0.356 e. The van der Waals surface area contributed by atoms with Gasteiger partial charge in [-0.3, -0.25) is 9.79 Å². The molecule has 0 aromatic heterocycles. The molecule has 156 valence electrons. The van der Waals surface area contributed by atoms with Crippen LogP contribution in [0.25, 0.3) is 0 Å². The molecule has 2 aromatic rings. The fraction of sp³-hybridized carbons (Fsp3) is 0.391. The normalized spacial score (nSPS) is 14.5. The Morgan fingerprint density at radius 3 is 2.41 bits per heavy atom. The predicted molar refractivity (Wildman–Crippen MR) is 130 cm³/mol. The van der Waals surface area contributed by atoms with Crippen molar-refractivity contribution in [3.63, 3.8) is 0 Å². The van der Waals surface area contributed by atoms with E-state index in [2.05, 4.69) is 52.0 Å². The standard InChI is InChI=1S/C23H30N4O.HI/c1-24-22(26-17-23(13-14-23)20-10-5-4-6-11-20)25-15-12-18-8-7-9-19(16-18)21(28)27(2)3;/h4-11,16H,12-15,17H2,1-3H3,(H2,24,25,26);1H. The van der Waals surface area contributed by atoms with E-state index >= 15 is 0 Å². The van der Waals surface area contributed by atoms with Crippen molar-refractivity contribution in [3.05, 3.63) is 71.3 Å². The van der Waals surface area contributed by atoms with Crippen molar-refractivity contribution in [3.8, 4) is 0 Å². The largest absolute Gasteiger partial charge is 0.356 e. The van der Waals surface area contributed by atoms with Crippen LogP contribution >= 0.6 is 24.0 Å². The molecular weight excluding hydrogens is 475 g/mol. The van der Waals surface area contributed by atoms with Gasteiger partial charge >= 0.3 is 0 Å². The Kier molecular flexibility index (Phi) is 8.49. The Morgan fingerprint density at radius 2 is 1.79 bits per heavy atom. The zero-order valence-electron chi connectivity index (χ0n) is 17.4. The van der Waals surface area contributed by atoms with Gasteiger partial charge < -0.3 is 15.5 Å². The average molecular weight is 506 g/mol. The first-order valence-corrected chi connectivity index (χ1v) is 9.85. The van der Waals surface area contributed by atoms with Crippen molar-refractivity contribution in [1.82, 2.24) is 15.5 Å². The quantitative estimate of drug-likeness (QED) is 0.344. The fourth-order valence-corrected chi connectivity index (χ4v) is 3.43. The van der Waals surface area contributed by atoms with Crippen LogP contribution in [0.1, 0.15) is 34.3 Å². The molecule has 1 aliphatic carbocycles. The maximum atomic E-state index is 12.1. The van der Waals surface area contributed by atoms with Gasteiger partial charge in [-0.25, -0.2) is 0 Å². The number of hydrogen-bond acceptors (Lipinski definition) is 2. The first-order valence-electron chi connectivity index (χ1n) is 9.85. The third-order valence-corrected chi connectivity index (χ3v) is 5.34. The van der Waals surface area contributed by atoms with E-state index in [0.717, 1.165) is 36.6 Å². The van der Waals surface area contributed by atoms with Gasteiger partial charge in [0, 0.05) is 45.2 Å². The van der Waals surface area contributed by atoms with Crippen LogP contribution < -0.4 is 10.6 Å². The van der Waals surface area contributed by atoms with Gasteiger partial charge in [0.1, 0.15) is 0 Å². The van der Waals surface area contributed by atoms with Gasteiger partial charge in [-0.1, -0.05) is 42.5 Å². The highest BCUT2D eigenvalue weighted by molar-refractivity contribution is 14.0. The molecule has 0 saturated heterocycles. The summed E-state index contributed by atoms with van der Waals surface area (Å²) in [6, 6.07) is 18.5. The highest BCUT2D eigenvalue weighted by Crippen LogP contribution is 2.47. The molecule has 6 heteroatoms. The first-order chi connectivity index (χ1) is 13.5. The molecule has 0 aliphatic heterocycles. The number of carbonyl (C=O) groups excluding carboxylic acids is 1. The van der Waals surface area contributed by atoms with E-state index in [1.165, 1.54) is 18.4 Å². The number of halogens is 1. The van der Waals surface area contributed by atoms with Crippen LogP contribution in [0.4, 0.5) is 0 Å². The van der Waals surface area contributed by atoms with Crippen LogP contribution in [0.2, 0.25) is 0 Å². The number of nitrogens with zero attached hydrogens (tertiary/aromatic N) is 2. The van der Waals surface area contributed by atoms with Crippen LogP contribution in [0.15, 0.2) is 59.6 Å². The summed E-state index contributed by atoms with van der Waals surface area (Å²) < 4.78 is 0. The van der Waals surface area contributed by atoms with Crippen molar-refractivity contribution in [1.29, 1.82) is 0 Å². The summed E-state index contributed by atoms with van der Waals surface area (Å²) >= 11 is 0. The Bertz CT molecular complexity index is 832. The Morgan fingerprint density at radius 1 is 1.07 bits per heavy atom. The predicted octanol–water partition coefficient (Wildman–Crippen LogP) is 3.45. The van der Waals surface area contributed by atoms with Crippen LogP contribution in [-0.2, 0) is 11.8 Å². The Balaban J connectivity index is 0.00000300. The van der Waals surface area contributed by atoms with Crippen molar-refractivity contribution in [2.45, 2.75) is 24.7 Å². The lowest BCUT2D eigenvalue weighted by Gasteiger charge is -2.19. The smallest absolute Gasteiger partial charge is 0.253 e. The van der Waals surface area contributed by atoms with Gasteiger partial charge in [-0.05, 0) is 42.5 Å². The summed E-state index contributed by atoms with van der Waals surface area (Å²) in [5.41, 5.74) is 3.52. The van der Waals surface area contributed by atoms with E-state index in [1.807, 2.05) is 18.2 Å². The van der Waals surface area contributed by atoms with Gasteiger partial charge in [0.05, 0.1) is 0 Å². The first kappa shape index (κ1) is 23.2. The van der Waals surface area contributed by atoms with Crippen molar-refractivity contribution < 1.29 is 4.79 Å². The minimum absolute atomic E-state index is 0. The second-order valence-corrected chi connectivity index (χ2v) is 7.65. The molecule has 5 nitrogen and oxygen atoms in total. The van der Waals surface area contributed by atoms with Gasteiger partial charge in [0.15, 0.2) is 5.96 Å². The van der Waals surface area contributed by atoms with E-state index in [0.29, 0.717) is 0 Å². The lowest BCUT2D eigenvalue weighted by atomic mass is 9.96. The molecule has 0 unspecified atom stereocenters. The molecule has 0 heterocycles. The number of guanidine groups is 1. The maximum absolute atomic E-state index is 12.1. The molecule has 2 aromatic carbocycles. The SMILES string of the molecule is CN=C(NCCc1cccc(C(=O)N(C)C)c1)NCC1(c2ccccc2)CC1.I. The second-order valence-electron chi connectivity index (χ2n) is 7.65. The molecule has 29 heavy (non-hydrogen) atoms. The van der Waals surface area contributed by atoms with Crippen LogP contribution in [-0.4, -0.2) is 51.0 Å². The minimum atomic E-state index is 0. The Labute approximate surface area is 191 Å². The Hall–Kier alpha value is -2.09. The van der Waals surface area contributed by atoms with E-state index in [4.69, 9.17) is 0 Å². The summed E-state index contributed by atoms with van der Waals surface area (Å²) in [6.45, 7) is 1.65. The number of rotatable bonds is 7. The van der Waals surface area contributed by atoms with E-state index in [-0.39, 0.29) is 35.3 Å². The molecule has 1 aliphatic rings. The van der Waals surface area contributed by atoms with Gasteiger partial charge in [-0.15, -0.1) is 24.0 Å².